The van der Waals surface area contributed by atoms with E-state index in [-0.39, 0.29) is 16.5 Å². The van der Waals surface area contributed by atoms with Crippen molar-refractivity contribution in [3.05, 3.63) is 113 Å². The molecule has 2 aliphatic heterocycles. The highest BCUT2D eigenvalue weighted by Gasteiger charge is 2.45. The van der Waals surface area contributed by atoms with Gasteiger partial charge >= 0.3 is 10.1 Å². The first kappa shape index (κ1) is 19.5. The van der Waals surface area contributed by atoms with Gasteiger partial charge < -0.3 is 14.7 Å². The molecule has 162 valence electrons. The van der Waals surface area contributed by atoms with Crippen molar-refractivity contribution in [2.24, 2.45) is 10.7 Å². The van der Waals surface area contributed by atoms with Crippen LogP contribution in [0.5, 0.6) is 5.75 Å². The van der Waals surface area contributed by atoms with Crippen LogP contribution in [0, 0.1) is 0 Å². The van der Waals surface area contributed by atoms with Crippen LogP contribution >= 0.6 is 0 Å². The summed E-state index contributed by atoms with van der Waals surface area (Å²) in [4.78, 5) is 16.1. The van der Waals surface area contributed by atoms with Crippen molar-refractivity contribution in [3.63, 3.8) is 0 Å². The molecule has 7 nitrogen and oxygen atoms in total. The van der Waals surface area contributed by atoms with E-state index in [0.29, 0.717) is 16.9 Å². The van der Waals surface area contributed by atoms with E-state index >= 15 is 0 Å². The van der Waals surface area contributed by atoms with Crippen molar-refractivity contribution in [1.29, 1.82) is 0 Å². The van der Waals surface area contributed by atoms with Crippen molar-refractivity contribution in [3.8, 4) is 5.75 Å². The molecular weight excluding hydrogens is 440 g/mol. The van der Waals surface area contributed by atoms with E-state index in [1.807, 2.05) is 24.3 Å². The van der Waals surface area contributed by atoms with Crippen LogP contribution in [-0.4, -0.2) is 25.8 Å². The molecule has 0 bridgehead atoms. The van der Waals surface area contributed by atoms with Crippen molar-refractivity contribution in [1.82, 2.24) is 0 Å². The second kappa shape index (κ2) is 6.66. The first-order valence-corrected chi connectivity index (χ1v) is 11.5. The lowest BCUT2D eigenvalue weighted by atomic mass is 9.76. The lowest BCUT2D eigenvalue weighted by Crippen LogP contribution is -2.42. The van der Waals surface area contributed by atoms with Crippen molar-refractivity contribution in [2.75, 3.05) is 0 Å². The Hall–Kier alpha value is -4.17. The fraction of sp³-hybridized carbons (Fsp3) is 0.0400. The summed E-state index contributed by atoms with van der Waals surface area (Å²) in [6.07, 6.45) is 12.6. The van der Waals surface area contributed by atoms with E-state index in [9.17, 15) is 13.2 Å². The highest BCUT2D eigenvalue weighted by molar-refractivity contribution is 7.86. The molecule has 2 aromatic carbocycles. The molecule has 2 N–H and O–H groups in total. The fourth-order valence-electron chi connectivity index (χ4n) is 4.36. The van der Waals surface area contributed by atoms with Gasteiger partial charge in [-0.15, -0.1) is 0 Å². The standard InChI is InChI=1S/C25H16N2O5S/c26-23-21-20(24(28)27-23)12-9-15-13-17-6-4-5-16-10-11-18(14-25(16,17)31-22(15)21)32-33(29,30)19-7-2-1-3-8-19/h1-14H,(H2,26,27,28). The number of ether oxygens (including phenoxy) is 1. The zero-order valence-corrected chi connectivity index (χ0v) is 17.9. The lowest BCUT2D eigenvalue weighted by molar-refractivity contribution is 0.101. The van der Waals surface area contributed by atoms with Crippen LogP contribution in [0.4, 0.5) is 0 Å². The minimum absolute atomic E-state index is 0.0488. The minimum Gasteiger partial charge on any atom is -0.472 e. The first-order chi connectivity index (χ1) is 15.9. The predicted molar refractivity (Wildman–Crippen MR) is 122 cm³/mol. The van der Waals surface area contributed by atoms with E-state index < -0.39 is 21.6 Å². The normalized spacial score (nSPS) is 22.0. The van der Waals surface area contributed by atoms with Gasteiger partial charge in [0, 0.05) is 22.8 Å². The Morgan fingerprint density at radius 1 is 1.00 bits per heavy atom. The summed E-state index contributed by atoms with van der Waals surface area (Å²) < 4.78 is 37.6. The SMILES string of the molecule is NC1=NC(=O)c2ccc3c(c21)OC12C=C(OS(=O)(=O)c4ccccc4)C=CC1=CC=CC2=C3. The summed E-state index contributed by atoms with van der Waals surface area (Å²) in [5, 5.41) is 0. The molecule has 4 aliphatic rings. The number of hydrogen-bond acceptors (Lipinski definition) is 6. The third-order valence-corrected chi connectivity index (χ3v) is 7.15. The molecule has 33 heavy (non-hydrogen) atoms. The molecule has 8 heteroatoms. The van der Waals surface area contributed by atoms with Gasteiger partial charge in [-0.1, -0.05) is 48.6 Å². The Bertz CT molecular complexity index is 1540. The third kappa shape index (κ3) is 2.84. The number of nitrogens with two attached hydrogens (primary N) is 1. The number of carbonyl (C=O) groups is 1. The maximum Gasteiger partial charge on any atom is 0.339 e. The second-order valence-electron chi connectivity index (χ2n) is 7.86. The lowest BCUT2D eigenvalue weighted by Gasteiger charge is -2.41. The van der Waals surface area contributed by atoms with E-state index in [2.05, 4.69) is 4.99 Å². The Morgan fingerprint density at radius 2 is 1.82 bits per heavy atom. The molecule has 1 unspecified atom stereocenters. The van der Waals surface area contributed by atoms with Gasteiger partial charge in [0.05, 0.1) is 11.1 Å². The topological polar surface area (TPSA) is 108 Å². The van der Waals surface area contributed by atoms with Crippen LogP contribution in [0.2, 0.25) is 0 Å². The zero-order chi connectivity index (χ0) is 22.8. The summed E-state index contributed by atoms with van der Waals surface area (Å²) in [5.74, 6) is 0.209. The van der Waals surface area contributed by atoms with Gasteiger partial charge in [-0.3, -0.25) is 4.79 Å². The van der Waals surface area contributed by atoms with E-state index in [1.165, 1.54) is 12.1 Å². The largest absolute Gasteiger partial charge is 0.472 e. The second-order valence-corrected chi connectivity index (χ2v) is 9.40. The van der Waals surface area contributed by atoms with E-state index in [0.717, 1.165) is 16.7 Å². The maximum atomic E-state index is 12.8. The fourth-order valence-corrected chi connectivity index (χ4v) is 5.31. The molecule has 1 atom stereocenters. The number of amides is 1. The average Bonchev–Trinajstić information content (AvgIpc) is 3.10. The number of fused-ring (bicyclic) bond motifs is 3. The molecule has 0 fully saturated rings. The van der Waals surface area contributed by atoms with E-state index in [4.69, 9.17) is 14.7 Å². The van der Waals surface area contributed by atoms with Gasteiger partial charge in [0.2, 0.25) is 0 Å². The summed E-state index contributed by atoms with van der Waals surface area (Å²) >= 11 is 0. The van der Waals surface area contributed by atoms with Gasteiger partial charge in [-0.05, 0) is 30.4 Å². The van der Waals surface area contributed by atoms with Crippen molar-refractivity contribution in [2.45, 2.75) is 10.5 Å². The molecule has 0 aromatic heterocycles. The van der Waals surface area contributed by atoms with Gasteiger partial charge in [-0.25, -0.2) is 0 Å². The van der Waals surface area contributed by atoms with Gasteiger partial charge in [-0.2, -0.15) is 13.4 Å². The van der Waals surface area contributed by atoms with Crippen molar-refractivity contribution >= 4 is 27.9 Å². The van der Waals surface area contributed by atoms with Gasteiger partial charge in [0.1, 0.15) is 22.2 Å². The van der Waals surface area contributed by atoms with Crippen LogP contribution in [0.3, 0.4) is 0 Å². The Balaban J connectivity index is 1.47. The number of aliphatic imine (C=N–C) groups is 1. The molecule has 0 saturated heterocycles. The highest BCUT2D eigenvalue weighted by Crippen LogP contribution is 2.48. The van der Waals surface area contributed by atoms with Crippen LogP contribution < -0.4 is 10.5 Å². The van der Waals surface area contributed by atoms with Crippen LogP contribution in [0.1, 0.15) is 21.5 Å². The summed E-state index contributed by atoms with van der Waals surface area (Å²) in [6, 6.07) is 11.4. The minimum atomic E-state index is -4.04. The van der Waals surface area contributed by atoms with E-state index in [1.54, 1.807) is 48.6 Å². The first-order valence-electron chi connectivity index (χ1n) is 10.1. The summed E-state index contributed by atoms with van der Waals surface area (Å²) in [5.41, 5.74) is 8.02. The third-order valence-electron chi connectivity index (χ3n) is 5.89. The number of hydrogen-bond donors (Lipinski definition) is 1. The number of rotatable bonds is 3. The quantitative estimate of drug-likeness (QED) is 0.709. The Morgan fingerprint density at radius 3 is 2.64 bits per heavy atom. The number of benzene rings is 2. The molecule has 2 aromatic rings. The molecular formula is C25H16N2O5S. The summed E-state index contributed by atoms with van der Waals surface area (Å²) in [7, 11) is -4.04. The number of nitrogens with zero attached hydrogens (tertiary/aromatic N) is 1. The molecule has 1 spiro atoms. The number of amidine groups is 1. The molecule has 0 radical (unpaired) electrons. The van der Waals surface area contributed by atoms with Gasteiger partial charge in [0.15, 0.2) is 5.60 Å². The molecule has 2 aliphatic carbocycles. The molecule has 0 saturated carbocycles. The monoisotopic (exact) mass is 456 g/mol. The molecule has 6 rings (SSSR count). The van der Waals surface area contributed by atoms with Crippen molar-refractivity contribution < 1.29 is 22.1 Å². The van der Waals surface area contributed by atoms with Crippen LogP contribution in [0.25, 0.3) is 6.08 Å². The predicted octanol–water partition coefficient (Wildman–Crippen LogP) is 3.42. The Labute approximate surface area is 189 Å². The van der Waals surface area contributed by atoms with Crippen LogP contribution in [-0.2, 0) is 14.3 Å². The number of carbonyl (C=O) groups excluding carboxylic acids is 1. The maximum absolute atomic E-state index is 12.8. The smallest absolute Gasteiger partial charge is 0.339 e. The molecule has 1 amide bonds. The summed E-state index contributed by atoms with van der Waals surface area (Å²) in [6.45, 7) is 0. The Kier molecular flexibility index (Phi) is 3.94. The highest BCUT2D eigenvalue weighted by atomic mass is 32.2. The van der Waals surface area contributed by atoms with Crippen LogP contribution in [0.15, 0.2) is 106 Å². The number of allylic oxidation sites excluding steroid dienone is 3. The zero-order valence-electron chi connectivity index (χ0n) is 17.1. The van der Waals surface area contributed by atoms with Gasteiger partial charge in [0.25, 0.3) is 5.91 Å². The average molecular weight is 456 g/mol. The molecule has 2 heterocycles.